The van der Waals surface area contributed by atoms with Gasteiger partial charge >= 0.3 is 6.03 Å². The maximum absolute atomic E-state index is 12.5. The zero-order valence-electron chi connectivity index (χ0n) is 14.1. The van der Waals surface area contributed by atoms with Gasteiger partial charge in [0.1, 0.15) is 9.84 Å². The Hall–Kier alpha value is -0.780. The quantitative estimate of drug-likeness (QED) is 0.842. The fourth-order valence-corrected chi connectivity index (χ4v) is 4.60. The van der Waals surface area contributed by atoms with Crippen molar-refractivity contribution in [3.8, 4) is 0 Å². The molecular formula is C16H30N2O3S. The molecule has 0 bridgehead atoms. The Kier molecular flexibility index (Phi) is 5.41. The Labute approximate surface area is 134 Å². The molecule has 0 aromatic rings. The average Bonchev–Trinajstić information content (AvgIpc) is 2.90. The number of nitrogens with one attached hydrogen (secondary N) is 1. The first kappa shape index (κ1) is 17.6. The molecule has 1 heterocycles. The van der Waals surface area contributed by atoms with Gasteiger partial charge in [0.05, 0.1) is 5.75 Å². The molecule has 2 rings (SSSR count). The van der Waals surface area contributed by atoms with E-state index in [2.05, 4.69) is 5.32 Å². The molecule has 0 aromatic heterocycles. The number of hydrogen-bond acceptors (Lipinski definition) is 3. The Morgan fingerprint density at radius 3 is 2.59 bits per heavy atom. The Morgan fingerprint density at radius 1 is 1.23 bits per heavy atom. The predicted octanol–water partition coefficient (Wildman–Crippen LogP) is 2.42. The lowest BCUT2D eigenvalue weighted by Crippen LogP contribution is -2.51. The molecule has 0 radical (unpaired) electrons. The number of fused-ring (bicyclic) bond motifs is 1. The molecule has 2 fully saturated rings. The van der Waals surface area contributed by atoms with Gasteiger partial charge in [0.2, 0.25) is 0 Å². The fourth-order valence-electron chi connectivity index (χ4n) is 3.67. The molecule has 1 saturated carbocycles. The van der Waals surface area contributed by atoms with E-state index in [-0.39, 0.29) is 17.2 Å². The predicted molar refractivity (Wildman–Crippen MR) is 88.6 cm³/mol. The number of piperidine rings is 1. The van der Waals surface area contributed by atoms with Crippen molar-refractivity contribution >= 4 is 15.9 Å². The molecular weight excluding hydrogens is 300 g/mol. The van der Waals surface area contributed by atoms with Crippen LogP contribution in [0.5, 0.6) is 0 Å². The zero-order valence-corrected chi connectivity index (χ0v) is 14.9. The molecule has 1 N–H and O–H groups in total. The van der Waals surface area contributed by atoms with Crippen LogP contribution in [0.2, 0.25) is 0 Å². The summed E-state index contributed by atoms with van der Waals surface area (Å²) < 4.78 is 22.6. The van der Waals surface area contributed by atoms with Gasteiger partial charge in [0, 0.05) is 25.4 Å². The van der Waals surface area contributed by atoms with Gasteiger partial charge in [0.15, 0.2) is 0 Å². The number of rotatable bonds is 5. The highest BCUT2D eigenvalue weighted by atomic mass is 32.2. The van der Waals surface area contributed by atoms with E-state index in [0.29, 0.717) is 24.9 Å². The van der Waals surface area contributed by atoms with Crippen molar-refractivity contribution in [2.24, 2.45) is 11.3 Å². The average molecular weight is 330 g/mol. The van der Waals surface area contributed by atoms with Gasteiger partial charge in [-0.05, 0) is 43.4 Å². The van der Waals surface area contributed by atoms with Gasteiger partial charge < -0.3 is 10.2 Å². The molecule has 1 aliphatic heterocycles. The lowest BCUT2D eigenvalue weighted by Gasteiger charge is -2.38. The minimum absolute atomic E-state index is 0.0315. The molecule has 22 heavy (non-hydrogen) atoms. The largest absolute Gasteiger partial charge is 0.337 e. The van der Waals surface area contributed by atoms with Crippen LogP contribution < -0.4 is 5.32 Å². The van der Waals surface area contributed by atoms with Crippen molar-refractivity contribution in [3.63, 3.8) is 0 Å². The monoisotopic (exact) mass is 330 g/mol. The molecule has 1 aliphatic carbocycles. The van der Waals surface area contributed by atoms with Gasteiger partial charge in [-0.3, -0.25) is 0 Å². The summed E-state index contributed by atoms with van der Waals surface area (Å²) in [7, 11) is -2.95. The minimum atomic E-state index is -2.95. The Bertz CT molecular complexity index is 502. The third kappa shape index (κ3) is 4.86. The first-order valence-electron chi connectivity index (χ1n) is 8.40. The summed E-state index contributed by atoms with van der Waals surface area (Å²) in [5.41, 5.74) is -0.205. The molecule has 0 aromatic carbocycles. The molecule has 6 heteroatoms. The highest BCUT2D eigenvalue weighted by Gasteiger charge is 2.37. The number of amides is 2. The standard InChI is InChI=1S/C16H30N2O3S/c1-16(2,9-11-22(3,20)21)12-17-15(19)18-10-5-7-13-6-4-8-14(13)18/h13-14H,4-12H2,1-3H3,(H,17,19)/t13-,14+/m1/s1. The fraction of sp³-hybridized carbons (Fsp3) is 0.938. The summed E-state index contributed by atoms with van der Waals surface area (Å²) in [6, 6.07) is 0.455. The van der Waals surface area contributed by atoms with E-state index in [1.54, 1.807) is 0 Å². The Morgan fingerprint density at radius 2 is 1.91 bits per heavy atom. The molecule has 2 atom stereocenters. The van der Waals surface area contributed by atoms with Crippen molar-refractivity contribution in [1.29, 1.82) is 0 Å². The van der Waals surface area contributed by atoms with Crippen LogP contribution in [0.4, 0.5) is 4.79 Å². The number of nitrogens with zero attached hydrogens (tertiary/aromatic N) is 1. The topological polar surface area (TPSA) is 66.5 Å². The minimum Gasteiger partial charge on any atom is -0.337 e. The molecule has 0 unspecified atom stereocenters. The zero-order chi connectivity index (χ0) is 16.4. The number of likely N-dealkylation sites (tertiary alicyclic amines) is 1. The molecule has 2 amide bonds. The summed E-state index contributed by atoms with van der Waals surface area (Å²) in [4.78, 5) is 14.5. The van der Waals surface area contributed by atoms with Gasteiger partial charge in [-0.1, -0.05) is 20.3 Å². The number of sulfone groups is 1. The van der Waals surface area contributed by atoms with Crippen LogP contribution >= 0.6 is 0 Å². The summed E-state index contributed by atoms with van der Waals surface area (Å²) in [5, 5.41) is 3.03. The lowest BCUT2D eigenvalue weighted by atomic mass is 9.90. The third-order valence-corrected chi connectivity index (χ3v) is 6.07. The summed E-state index contributed by atoms with van der Waals surface area (Å²) in [6.45, 7) is 5.39. The maximum atomic E-state index is 12.5. The van der Waals surface area contributed by atoms with Crippen LogP contribution in [0.3, 0.4) is 0 Å². The van der Waals surface area contributed by atoms with E-state index in [1.165, 1.54) is 25.5 Å². The summed E-state index contributed by atoms with van der Waals surface area (Å²) >= 11 is 0. The van der Waals surface area contributed by atoms with Gasteiger partial charge in [-0.2, -0.15) is 0 Å². The lowest BCUT2D eigenvalue weighted by molar-refractivity contribution is 0.125. The van der Waals surface area contributed by atoms with Crippen LogP contribution in [0.25, 0.3) is 0 Å². The second kappa shape index (κ2) is 6.77. The van der Waals surface area contributed by atoms with Crippen molar-refractivity contribution in [1.82, 2.24) is 10.2 Å². The van der Waals surface area contributed by atoms with E-state index in [0.717, 1.165) is 19.4 Å². The number of carbonyl (C=O) groups excluding carboxylic acids is 1. The van der Waals surface area contributed by atoms with Crippen LogP contribution in [-0.2, 0) is 9.84 Å². The van der Waals surface area contributed by atoms with Crippen molar-refractivity contribution < 1.29 is 13.2 Å². The van der Waals surface area contributed by atoms with Gasteiger partial charge in [-0.15, -0.1) is 0 Å². The maximum Gasteiger partial charge on any atom is 0.317 e. The highest BCUT2D eigenvalue weighted by Crippen LogP contribution is 2.36. The second-order valence-corrected chi connectivity index (χ2v) is 10.1. The van der Waals surface area contributed by atoms with Crippen LogP contribution in [0.15, 0.2) is 0 Å². The van der Waals surface area contributed by atoms with Gasteiger partial charge in [-0.25, -0.2) is 13.2 Å². The van der Waals surface area contributed by atoms with Crippen molar-refractivity contribution in [2.45, 2.75) is 58.4 Å². The van der Waals surface area contributed by atoms with E-state index in [4.69, 9.17) is 0 Å². The van der Waals surface area contributed by atoms with E-state index in [9.17, 15) is 13.2 Å². The van der Waals surface area contributed by atoms with E-state index >= 15 is 0 Å². The van der Waals surface area contributed by atoms with Crippen molar-refractivity contribution in [2.75, 3.05) is 25.1 Å². The first-order valence-corrected chi connectivity index (χ1v) is 10.5. The highest BCUT2D eigenvalue weighted by molar-refractivity contribution is 7.90. The number of urea groups is 1. The molecule has 5 nitrogen and oxygen atoms in total. The second-order valence-electron chi connectivity index (χ2n) is 7.80. The smallest absolute Gasteiger partial charge is 0.317 e. The first-order chi connectivity index (χ1) is 10.2. The van der Waals surface area contributed by atoms with Crippen molar-refractivity contribution in [3.05, 3.63) is 0 Å². The molecule has 2 aliphatic rings. The van der Waals surface area contributed by atoms with E-state index < -0.39 is 9.84 Å². The Balaban J connectivity index is 1.83. The number of hydrogen-bond donors (Lipinski definition) is 1. The summed E-state index contributed by atoms with van der Waals surface area (Å²) in [6.07, 6.45) is 7.82. The van der Waals surface area contributed by atoms with E-state index in [1.807, 2.05) is 18.7 Å². The number of carbonyl (C=O) groups is 1. The molecule has 1 saturated heterocycles. The van der Waals surface area contributed by atoms with Gasteiger partial charge in [0.25, 0.3) is 0 Å². The normalized spacial score (nSPS) is 25.9. The molecule has 128 valence electrons. The third-order valence-electron chi connectivity index (χ3n) is 5.12. The van der Waals surface area contributed by atoms with Crippen LogP contribution in [0.1, 0.15) is 52.4 Å². The molecule has 0 spiro atoms. The summed E-state index contributed by atoms with van der Waals surface area (Å²) in [5.74, 6) is 0.863. The SMILES string of the molecule is CC(C)(CCS(C)(=O)=O)CNC(=O)N1CCC[C@H]2CCC[C@@H]21. The van der Waals surface area contributed by atoms with Crippen LogP contribution in [0, 0.1) is 11.3 Å². The van der Waals surface area contributed by atoms with Crippen LogP contribution in [-0.4, -0.2) is 50.5 Å².